The second-order valence-corrected chi connectivity index (χ2v) is 4.14. The Labute approximate surface area is 86.9 Å². The quantitative estimate of drug-likeness (QED) is 0.670. The zero-order valence-corrected chi connectivity index (χ0v) is 9.17. The summed E-state index contributed by atoms with van der Waals surface area (Å²) < 4.78 is 5.66. The van der Waals surface area contributed by atoms with Crippen LogP contribution in [-0.4, -0.2) is 44.3 Å². The lowest BCUT2D eigenvalue weighted by Gasteiger charge is -2.27. The third-order valence-corrected chi connectivity index (χ3v) is 2.57. The number of likely N-dealkylation sites (N-methyl/N-ethyl adjacent to an activating group) is 1. The summed E-state index contributed by atoms with van der Waals surface area (Å²) >= 11 is 0. The monoisotopic (exact) mass is 198 g/mol. The van der Waals surface area contributed by atoms with E-state index >= 15 is 0 Å². The second kappa shape index (κ2) is 6.17. The van der Waals surface area contributed by atoms with Gasteiger partial charge in [0.25, 0.3) is 0 Å². The molecule has 1 aliphatic heterocycles. The average Bonchev–Trinajstić information content (AvgIpc) is 2.19. The Hall–Kier alpha value is -0.380. The van der Waals surface area contributed by atoms with Gasteiger partial charge in [0, 0.05) is 26.2 Å². The summed E-state index contributed by atoms with van der Waals surface area (Å²) in [5.74, 6) is 0. The van der Waals surface area contributed by atoms with Gasteiger partial charge in [-0.1, -0.05) is 6.58 Å². The standard InChI is InChI=1S/C11H22N2O/c1-10(7-12)8-13(2)9-11-5-3-4-6-14-11/h11H,1,3-9,12H2,2H3. The highest BCUT2D eigenvalue weighted by molar-refractivity contribution is 4.98. The van der Waals surface area contributed by atoms with Crippen LogP contribution in [0.5, 0.6) is 0 Å². The minimum Gasteiger partial charge on any atom is -0.377 e. The van der Waals surface area contributed by atoms with E-state index in [1.54, 1.807) is 0 Å². The molecular weight excluding hydrogens is 176 g/mol. The van der Waals surface area contributed by atoms with E-state index in [4.69, 9.17) is 10.5 Å². The van der Waals surface area contributed by atoms with Gasteiger partial charge in [-0.3, -0.25) is 4.90 Å². The topological polar surface area (TPSA) is 38.5 Å². The molecule has 2 N–H and O–H groups in total. The average molecular weight is 198 g/mol. The van der Waals surface area contributed by atoms with E-state index in [1.807, 2.05) is 0 Å². The molecule has 1 heterocycles. The third-order valence-electron chi connectivity index (χ3n) is 2.57. The van der Waals surface area contributed by atoms with Gasteiger partial charge in [0.1, 0.15) is 0 Å². The van der Waals surface area contributed by atoms with Crippen LogP contribution >= 0.6 is 0 Å². The van der Waals surface area contributed by atoms with Crippen LogP contribution in [0.15, 0.2) is 12.2 Å². The van der Waals surface area contributed by atoms with Gasteiger partial charge < -0.3 is 10.5 Å². The van der Waals surface area contributed by atoms with Gasteiger partial charge >= 0.3 is 0 Å². The highest BCUT2D eigenvalue weighted by atomic mass is 16.5. The fourth-order valence-electron chi connectivity index (χ4n) is 1.81. The molecule has 1 fully saturated rings. The summed E-state index contributed by atoms with van der Waals surface area (Å²) in [7, 11) is 2.10. The van der Waals surface area contributed by atoms with Crippen molar-refractivity contribution in [3.05, 3.63) is 12.2 Å². The number of hydrogen-bond donors (Lipinski definition) is 1. The Kier molecular flexibility index (Phi) is 5.15. The summed E-state index contributed by atoms with van der Waals surface area (Å²) in [6.45, 7) is 7.29. The molecule has 1 saturated heterocycles. The van der Waals surface area contributed by atoms with Crippen molar-refractivity contribution in [3.63, 3.8) is 0 Å². The lowest BCUT2D eigenvalue weighted by atomic mass is 10.1. The molecule has 0 spiro atoms. The largest absolute Gasteiger partial charge is 0.377 e. The lowest BCUT2D eigenvalue weighted by molar-refractivity contribution is -0.000143. The zero-order valence-electron chi connectivity index (χ0n) is 9.17. The number of ether oxygens (including phenoxy) is 1. The first-order chi connectivity index (χ1) is 6.72. The van der Waals surface area contributed by atoms with E-state index < -0.39 is 0 Å². The Morgan fingerprint density at radius 2 is 2.36 bits per heavy atom. The van der Waals surface area contributed by atoms with Gasteiger partial charge in [0.2, 0.25) is 0 Å². The molecule has 3 heteroatoms. The number of hydrogen-bond acceptors (Lipinski definition) is 3. The van der Waals surface area contributed by atoms with Crippen molar-refractivity contribution in [2.24, 2.45) is 5.73 Å². The molecule has 1 atom stereocenters. The van der Waals surface area contributed by atoms with Crippen molar-refractivity contribution in [3.8, 4) is 0 Å². The summed E-state index contributed by atoms with van der Waals surface area (Å²) in [6.07, 6.45) is 4.13. The summed E-state index contributed by atoms with van der Waals surface area (Å²) in [5, 5.41) is 0. The Bertz CT molecular complexity index is 176. The van der Waals surface area contributed by atoms with Crippen LogP contribution in [0.2, 0.25) is 0 Å². The van der Waals surface area contributed by atoms with E-state index in [1.165, 1.54) is 19.3 Å². The maximum absolute atomic E-state index is 5.66. The summed E-state index contributed by atoms with van der Waals surface area (Å²) in [5.41, 5.74) is 6.58. The SMILES string of the molecule is C=C(CN)CN(C)CC1CCCCO1. The molecule has 3 nitrogen and oxygen atoms in total. The highest BCUT2D eigenvalue weighted by Crippen LogP contribution is 2.13. The molecular formula is C11H22N2O. The van der Waals surface area contributed by atoms with Crippen LogP contribution in [0, 0.1) is 0 Å². The third kappa shape index (κ3) is 4.22. The zero-order chi connectivity index (χ0) is 10.4. The van der Waals surface area contributed by atoms with Crippen molar-refractivity contribution < 1.29 is 4.74 Å². The fraction of sp³-hybridized carbons (Fsp3) is 0.818. The molecule has 0 amide bonds. The molecule has 0 aromatic heterocycles. The number of rotatable bonds is 5. The molecule has 1 rings (SSSR count). The van der Waals surface area contributed by atoms with Crippen molar-refractivity contribution in [2.45, 2.75) is 25.4 Å². The minimum absolute atomic E-state index is 0.416. The van der Waals surface area contributed by atoms with Crippen LogP contribution in [0.4, 0.5) is 0 Å². The maximum atomic E-state index is 5.66. The first-order valence-electron chi connectivity index (χ1n) is 5.39. The first kappa shape index (κ1) is 11.7. The van der Waals surface area contributed by atoms with Crippen molar-refractivity contribution >= 4 is 0 Å². The van der Waals surface area contributed by atoms with Crippen LogP contribution in [0.3, 0.4) is 0 Å². The molecule has 0 radical (unpaired) electrons. The number of nitrogens with zero attached hydrogens (tertiary/aromatic N) is 1. The highest BCUT2D eigenvalue weighted by Gasteiger charge is 2.15. The van der Waals surface area contributed by atoms with E-state index in [9.17, 15) is 0 Å². The predicted octanol–water partition coefficient (Wildman–Crippen LogP) is 1.00. The van der Waals surface area contributed by atoms with Gasteiger partial charge in [0.15, 0.2) is 0 Å². The van der Waals surface area contributed by atoms with Crippen LogP contribution in [0.1, 0.15) is 19.3 Å². The van der Waals surface area contributed by atoms with Crippen LogP contribution in [0.25, 0.3) is 0 Å². The smallest absolute Gasteiger partial charge is 0.0702 e. The van der Waals surface area contributed by atoms with Gasteiger partial charge in [-0.25, -0.2) is 0 Å². The van der Waals surface area contributed by atoms with Crippen LogP contribution in [-0.2, 0) is 4.74 Å². The second-order valence-electron chi connectivity index (χ2n) is 4.14. The van der Waals surface area contributed by atoms with Gasteiger partial charge in [-0.2, -0.15) is 0 Å². The Balaban J connectivity index is 2.18. The Morgan fingerprint density at radius 3 is 2.93 bits per heavy atom. The van der Waals surface area contributed by atoms with E-state index in [2.05, 4.69) is 18.5 Å². The first-order valence-corrected chi connectivity index (χ1v) is 5.39. The molecule has 1 unspecified atom stereocenters. The molecule has 0 aromatic carbocycles. The van der Waals surface area contributed by atoms with E-state index in [0.717, 1.165) is 25.3 Å². The van der Waals surface area contributed by atoms with E-state index in [-0.39, 0.29) is 0 Å². The Morgan fingerprint density at radius 1 is 1.57 bits per heavy atom. The maximum Gasteiger partial charge on any atom is 0.0702 e. The van der Waals surface area contributed by atoms with E-state index in [0.29, 0.717) is 12.6 Å². The molecule has 1 aliphatic rings. The molecule has 14 heavy (non-hydrogen) atoms. The molecule has 0 saturated carbocycles. The van der Waals surface area contributed by atoms with Gasteiger partial charge in [0.05, 0.1) is 6.10 Å². The molecule has 0 aliphatic carbocycles. The summed E-state index contributed by atoms with van der Waals surface area (Å²) in [4.78, 5) is 2.24. The van der Waals surface area contributed by atoms with Crippen molar-refractivity contribution in [1.29, 1.82) is 0 Å². The molecule has 82 valence electrons. The molecule has 0 bridgehead atoms. The normalized spacial score (nSPS) is 22.6. The minimum atomic E-state index is 0.416. The predicted molar refractivity (Wildman–Crippen MR) is 59.3 cm³/mol. The summed E-state index contributed by atoms with van der Waals surface area (Å²) in [6, 6.07) is 0. The van der Waals surface area contributed by atoms with Gasteiger partial charge in [-0.15, -0.1) is 0 Å². The van der Waals surface area contributed by atoms with Crippen LogP contribution < -0.4 is 5.73 Å². The lowest BCUT2D eigenvalue weighted by Crippen LogP contribution is -2.35. The fourth-order valence-corrected chi connectivity index (χ4v) is 1.81. The van der Waals surface area contributed by atoms with Crippen molar-refractivity contribution in [2.75, 3.05) is 33.3 Å². The number of nitrogens with two attached hydrogens (primary N) is 1. The van der Waals surface area contributed by atoms with Crippen molar-refractivity contribution in [1.82, 2.24) is 4.90 Å². The van der Waals surface area contributed by atoms with Gasteiger partial charge in [-0.05, 0) is 31.9 Å². The molecule has 0 aromatic rings.